The molecule has 0 saturated carbocycles. The number of cyclic esters (lactones) is 1. The molecular weight excluding hydrogens is 168 g/mol. The quantitative estimate of drug-likeness (QED) is 0.387. The molecule has 6 nitrogen and oxygen atoms in total. The topological polar surface area (TPSA) is 107 Å². The van der Waals surface area contributed by atoms with Gasteiger partial charge < -0.3 is 25.2 Å². The van der Waals surface area contributed by atoms with Crippen LogP contribution in [-0.2, 0) is 9.53 Å². The van der Waals surface area contributed by atoms with E-state index in [4.69, 9.17) is 23.2 Å². The summed E-state index contributed by atoms with van der Waals surface area (Å²) in [5.74, 6) is -3.38. The fourth-order valence-corrected chi connectivity index (χ4v) is 0.748. The third kappa shape index (κ3) is 1.21. The number of hydrogen-bond donors (Lipinski definition) is 4. The van der Waals surface area contributed by atoms with E-state index in [-0.39, 0.29) is 0 Å². The Kier molecular flexibility index (Phi) is 1.57. The summed E-state index contributed by atoms with van der Waals surface area (Å²) in [6.07, 6.45) is -3.96. The Morgan fingerprint density at radius 2 is 2.25 bits per heavy atom. The van der Waals surface area contributed by atoms with E-state index in [1.54, 1.807) is 0 Å². The van der Waals surface area contributed by atoms with Crippen LogP contribution in [0.5, 0.6) is 0 Å². The van der Waals surface area contributed by atoms with Gasteiger partial charge in [0.25, 0.3) is 0 Å². The number of carbonyl (C=O) groups excluding carboxylic acids is 1. The molecule has 4 N–H and O–H groups in total. The molecule has 0 unspecified atom stereocenters. The zero-order valence-electron chi connectivity index (χ0n) is 7.76. The van der Waals surface area contributed by atoms with Gasteiger partial charge in [-0.1, -0.05) is 0 Å². The Balaban J connectivity index is 2.89. The van der Waals surface area contributed by atoms with Crippen molar-refractivity contribution in [2.24, 2.45) is 0 Å². The van der Waals surface area contributed by atoms with Crippen LogP contribution in [0.2, 0.25) is 0 Å². The molecule has 0 bridgehead atoms. The van der Waals surface area contributed by atoms with Gasteiger partial charge in [-0.3, -0.25) is 0 Å². The van der Waals surface area contributed by atoms with Gasteiger partial charge in [0.05, 0.1) is 9.30 Å². The second-order valence-corrected chi connectivity index (χ2v) is 2.13. The SMILES string of the molecule is [2H]C([2H])(O)[C@H](O)[C@H]1OC(=O)C(O)=C1O. The molecule has 12 heavy (non-hydrogen) atoms. The summed E-state index contributed by atoms with van der Waals surface area (Å²) in [5.41, 5.74) is 0. The van der Waals surface area contributed by atoms with E-state index >= 15 is 0 Å². The lowest BCUT2D eigenvalue weighted by Gasteiger charge is -2.13. The molecule has 0 saturated heterocycles. The number of ether oxygens (including phenoxy) is 1. The molecule has 0 fully saturated rings. The lowest BCUT2D eigenvalue weighted by molar-refractivity contribution is -0.147. The minimum absolute atomic E-state index is 1.000. The Bertz CT molecular complexity index is 293. The van der Waals surface area contributed by atoms with Gasteiger partial charge in [0.2, 0.25) is 5.76 Å². The van der Waals surface area contributed by atoms with Crippen molar-refractivity contribution >= 4 is 5.97 Å². The number of hydrogen-bond acceptors (Lipinski definition) is 6. The van der Waals surface area contributed by atoms with Crippen LogP contribution in [-0.4, -0.2) is 45.2 Å². The van der Waals surface area contributed by atoms with Crippen molar-refractivity contribution < 1.29 is 32.7 Å². The summed E-state index contributed by atoms with van der Waals surface area (Å²) in [5, 5.41) is 35.6. The number of aliphatic hydroxyl groups excluding tert-OH is 3. The molecule has 0 amide bonds. The summed E-state index contributed by atoms with van der Waals surface area (Å²) in [6, 6.07) is 0. The largest absolute Gasteiger partial charge is 0.505 e. The maximum atomic E-state index is 10.6. The molecule has 6 heteroatoms. The van der Waals surface area contributed by atoms with Crippen molar-refractivity contribution in [1.29, 1.82) is 0 Å². The number of carbonyl (C=O) groups is 1. The van der Waals surface area contributed by atoms with Crippen molar-refractivity contribution in [3.8, 4) is 0 Å². The summed E-state index contributed by atoms with van der Waals surface area (Å²) >= 11 is 0. The first-order valence-corrected chi connectivity index (χ1v) is 2.98. The Morgan fingerprint density at radius 1 is 1.67 bits per heavy atom. The first-order chi connectivity index (χ1) is 6.25. The first kappa shape index (κ1) is 6.27. The van der Waals surface area contributed by atoms with Gasteiger partial charge in [-0.05, 0) is 0 Å². The van der Waals surface area contributed by atoms with E-state index in [0.29, 0.717) is 0 Å². The fraction of sp³-hybridized carbons (Fsp3) is 0.500. The standard InChI is InChI=1S/C6H8O6/c7-1-2(8)5-3(9)4(10)6(11)12-5/h2,5,7-10H,1H2/t2-,5+/m0/s1/i1D2. The van der Waals surface area contributed by atoms with E-state index in [1.807, 2.05) is 0 Å². The fourth-order valence-electron chi connectivity index (χ4n) is 0.748. The molecule has 1 heterocycles. The third-order valence-electron chi connectivity index (χ3n) is 1.36. The first-order valence-electron chi connectivity index (χ1n) is 3.98. The third-order valence-corrected chi connectivity index (χ3v) is 1.36. The highest BCUT2D eigenvalue weighted by molar-refractivity contribution is 5.89. The van der Waals surface area contributed by atoms with Crippen molar-refractivity contribution in [2.75, 3.05) is 6.56 Å². The Morgan fingerprint density at radius 3 is 2.58 bits per heavy atom. The molecule has 0 aromatic carbocycles. The normalized spacial score (nSPS) is 29.5. The van der Waals surface area contributed by atoms with Crippen LogP contribution in [0.25, 0.3) is 0 Å². The molecule has 0 radical (unpaired) electrons. The van der Waals surface area contributed by atoms with Gasteiger partial charge >= 0.3 is 5.97 Å². The predicted molar refractivity (Wildman–Crippen MR) is 35.3 cm³/mol. The van der Waals surface area contributed by atoms with Gasteiger partial charge in [-0.15, -0.1) is 0 Å². The van der Waals surface area contributed by atoms with E-state index in [9.17, 15) is 4.79 Å². The number of aliphatic hydroxyl groups is 4. The summed E-state index contributed by atoms with van der Waals surface area (Å²) in [4.78, 5) is 10.6. The lowest BCUT2D eigenvalue weighted by Crippen LogP contribution is -2.31. The summed E-state index contributed by atoms with van der Waals surface area (Å²) in [7, 11) is 0. The van der Waals surface area contributed by atoms with Gasteiger partial charge in [0, 0.05) is 0 Å². The highest BCUT2D eigenvalue weighted by atomic mass is 16.6. The molecule has 0 spiro atoms. The molecule has 1 aliphatic heterocycles. The molecular formula is C6H8O6. The van der Waals surface area contributed by atoms with Crippen LogP contribution in [0.1, 0.15) is 2.74 Å². The molecule has 0 aromatic rings. The Labute approximate surface area is 70.1 Å². The molecule has 0 aliphatic carbocycles. The number of esters is 1. The minimum atomic E-state index is -3.05. The minimum Gasteiger partial charge on any atom is -0.505 e. The summed E-state index contributed by atoms with van der Waals surface area (Å²) < 4.78 is 17.6. The van der Waals surface area contributed by atoms with Crippen LogP contribution in [0, 0.1) is 0 Å². The van der Waals surface area contributed by atoms with E-state index in [2.05, 4.69) is 4.74 Å². The van der Waals surface area contributed by atoms with Crippen LogP contribution < -0.4 is 0 Å². The van der Waals surface area contributed by atoms with Gasteiger partial charge in [-0.2, -0.15) is 0 Å². The number of rotatable bonds is 2. The summed E-state index contributed by atoms with van der Waals surface area (Å²) in [6.45, 7) is -3.05. The molecule has 2 atom stereocenters. The van der Waals surface area contributed by atoms with Gasteiger partial charge in [0.1, 0.15) is 6.10 Å². The van der Waals surface area contributed by atoms with Crippen molar-refractivity contribution in [1.82, 2.24) is 0 Å². The van der Waals surface area contributed by atoms with E-state index in [1.165, 1.54) is 0 Å². The van der Waals surface area contributed by atoms with E-state index in [0.717, 1.165) is 0 Å². The van der Waals surface area contributed by atoms with Crippen molar-refractivity contribution in [3.63, 3.8) is 0 Å². The zero-order chi connectivity index (χ0) is 11.1. The highest BCUT2D eigenvalue weighted by Gasteiger charge is 2.38. The van der Waals surface area contributed by atoms with Gasteiger partial charge in [-0.25, -0.2) is 4.79 Å². The predicted octanol–water partition coefficient (Wildman–Crippen LogP) is -1.41. The monoisotopic (exact) mass is 178 g/mol. The Hall–Kier alpha value is -1.27. The average Bonchev–Trinajstić information content (AvgIpc) is 2.30. The zero-order valence-corrected chi connectivity index (χ0v) is 5.76. The molecule has 1 aliphatic rings. The van der Waals surface area contributed by atoms with Crippen LogP contribution in [0.4, 0.5) is 0 Å². The van der Waals surface area contributed by atoms with Crippen LogP contribution in [0.3, 0.4) is 0 Å². The second-order valence-electron chi connectivity index (χ2n) is 2.13. The second kappa shape index (κ2) is 3.00. The maximum Gasteiger partial charge on any atom is 0.377 e. The van der Waals surface area contributed by atoms with Gasteiger partial charge in [0.15, 0.2) is 11.9 Å². The molecule has 0 aromatic heterocycles. The van der Waals surface area contributed by atoms with Crippen molar-refractivity contribution in [2.45, 2.75) is 12.2 Å². The van der Waals surface area contributed by atoms with E-state index < -0.39 is 36.3 Å². The average molecular weight is 178 g/mol. The van der Waals surface area contributed by atoms with Crippen LogP contribution >= 0.6 is 0 Å². The van der Waals surface area contributed by atoms with Crippen LogP contribution in [0.15, 0.2) is 11.5 Å². The molecule has 68 valence electrons. The van der Waals surface area contributed by atoms with Crippen molar-refractivity contribution in [3.05, 3.63) is 11.5 Å². The highest BCUT2D eigenvalue weighted by Crippen LogP contribution is 2.20. The molecule has 1 rings (SSSR count). The lowest BCUT2D eigenvalue weighted by atomic mass is 10.2. The smallest absolute Gasteiger partial charge is 0.377 e. The maximum absolute atomic E-state index is 10.6.